The van der Waals surface area contributed by atoms with Gasteiger partial charge in [0.2, 0.25) is 0 Å². The van der Waals surface area contributed by atoms with E-state index in [-0.39, 0.29) is 0 Å². The Morgan fingerprint density at radius 1 is 1.20 bits per heavy atom. The fraction of sp³-hybridized carbons (Fsp3) is 0.769. The molecule has 2 heteroatoms. The quantitative estimate of drug-likeness (QED) is 0.520. The third-order valence-corrected chi connectivity index (χ3v) is 4.10. The zero-order valence-electron chi connectivity index (χ0n) is 9.88. The smallest absolute Gasteiger partial charge is 0.0277 e. The number of hydrogen-bond donors (Lipinski definition) is 0. The Kier molecular flexibility index (Phi) is 6.53. The van der Waals surface area contributed by atoms with Crippen molar-refractivity contribution in [2.24, 2.45) is 16.8 Å². The van der Waals surface area contributed by atoms with Gasteiger partial charge < -0.3 is 0 Å². The van der Waals surface area contributed by atoms with Crippen LogP contribution in [-0.4, -0.2) is 13.3 Å². The molecule has 0 bridgehead atoms. The lowest BCUT2D eigenvalue weighted by molar-refractivity contribution is 0.358. The summed E-state index contributed by atoms with van der Waals surface area (Å²) in [6, 6.07) is 0. The van der Waals surface area contributed by atoms with Crippen LogP contribution in [0.5, 0.6) is 0 Å². The fourth-order valence-corrected chi connectivity index (χ4v) is 3.03. The predicted octanol–water partition coefficient (Wildman–Crippen LogP) is 4.61. The van der Waals surface area contributed by atoms with E-state index in [1.54, 1.807) is 0 Å². The summed E-state index contributed by atoms with van der Waals surface area (Å²) in [4.78, 5) is 4.16. The number of allylic oxidation sites excluding steroid dienone is 1. The molecule has 0 N–H and O–H groups in total. The van der Waals surface area contributed by atoms with Crippen LogP contribution in [0.1, 0.15) is 45.4 Å². The molecule has 1 rings (SSSR count). The standard InChI is InChI=1S/C13H22IN/c1-11-5-3-4-6-12(8-7-11)13(9-14)10-15-2/h9-12H,3-8H2,1-2H3/b13-9+,15-10-. The van der Waals surface area contributed by atoms with Gasteiger partial charge >= 0.3 is 0 Å². The van der Waals surface area contributed by atoms with E-state index in [2.05, 4.69) is 38.6 Å². The molecule has 0 saturated heterocycles. The van der Waals surface area contributed by atoms with Crippen LogP contribution in [0.3, 0.4) is 0 Å². The van der Waals surface area contributed by atoms with Gasteiger partial charge in [0.1, 0.15) is 0 Å². The molecule has 1 fully saturated rings. The first kappa shape index (κ1) is 13.2. The lowest BCUT2D eigenvalue weighted by Gasteiger charge is -2.23. The van der Waals surface area contributed by atoms with Gasteiger partial charge in [-0.3, -0.25) is 4.99 Å². The SMILES string of the molecule is C/N=C\C(=C/I)C1CCCCC(C)CC1. The van der Waals surface area contributed by atoms with Crippen LogP contribution in [0.2, 0.25) is 0 Å². The molecule has 0 amide bonds. The lowest BCUT2D eigenvalue weighted by Crippen LogP contribution is -2.11. The van der Waals surface area contributed by atoms with Crippen molar-refractivity contribution in [2.45, 2.75) is 45.4 Å². The van der Waals surface area contributed by atoms with Gasteiger partial charge in [0, 0.05) is 13.3 Å². The number of rotatable bonds is 2. The second-order valence-electron chi connectivity index (χ2n) is 4.66. The molecule has 1 nitrogen and oxygen atoms in total. The molecule has 0 aliphatic heterocycles. The van der Waals surface area contributed by atoms with E-state index in [1.165, 1.54) is 44.1 Å². The van der Waals surface area contributed by atoms with E-state index in [0.29, 0.717) is 0 Å². The third kappa shape index (κ3) is 4.66. The van der Waals surface area contributed by atoms with Gasteiger partial charge in [-0.15, -0.1) is 0 Å². The summed E-state index contributed by atoms with van der Waals surface area (Å²) in [7, 11) is 1.87. The van der Waals surface area contributed by atoms with Crippen molar-refractivity contribution in [3.63, 3.8) is 0 Å². The van der Waals surface area contributed by atoms with Gasteiger partial charge in [0.05, 0.1) is 0 Å². The van der Waals surface area contributed by atoms with Crippen LogP contribution >= 0.6 is 22.6 Å². The summed E-state index contributed by atoms with van der Waals surface area (Å²) in [6.45, 7) is 2.39. The average molecular weight is 319 g/mol. The molecule has 1 saturated carbocycles. The summed E-state index contributed by atoms with van der Waals surface area (Å²) in [5, 5.41) is 0. The third-order valence-electron chi connectivity index (χ3n) is 3.38. The Balaban J connectivity index is 2.58. The molecule has 2 atom stereocenters. The van der Waals surface area contributed by atoms with Crippen molar-refractivity contribution in [3.05, 3.63) is 9.66 Å². The molecular weight excluding hydrogens is 297 g/mol. The highest BCUT2D eigenvalue weighted by Gasteiger charge is 2.16. The van der Waals surface area contributed by atoms with Crippen LogP contribution in [0.4, 0.5) is 0 Å². The topological polar surface area (TPSA) is 12.4 Å². The number of aliphatic imine (C=N–C) groups is 1. The van der Waals surface area contributed by atoms with E-state index in [1.807, 2.05) is 13.3 Å². The molecule has 0 radical (unpaired) electrons. The largest absolute Gasteiger partial charge is 0.296 e. The Labute approximate surface area is 108 Å². The highest BCUT2D eigenvalue weighted by Crippen LogP contribution is 2.30. The molecule has 1 aliphatic carbocycles. The van der Waals surface area contributed by atoms with Crippen LogP contribution in [0.15, 0.2) is 14.6 Å². The van der Waals surface area contributed by atoms with E-state index in [9.17, 15) is 0 Å². The molecule has 15 heavy (non-hydrogen) atoms. The van der Waals surface area contributed by atoms with Crippen LogP contribution in [0, 0.1) is 11.8 Å². The maximum Gasteiger partial charge on any atom is 0.0277 e. The Morgan fingerprint density at radius 2 is 1.93 bits per heavy atom. The minimum absolute atomic E-state index is 0.758. The molecule has 0 aromatic carbocycles. The molecule has 0 spiro atoms. The van der Waals surface area contributed by atoms with Crippen molar-refractivity contribution in [2.75, 3.05) is 7.05 Å². The first-order valence-electron chi connectivity index (χ1n) is 6.00. The van der Waals surface area contributed by atoms with E-state index in [4.69, 9.17) is 0 Å². The van der Waals surface area contributed by atoms with Gasteiger partial charge in [0.15, 0.2) is 0 Å². The molecule has 0 aromatic heterocycles. The summed E-state index contributed by atoms with van der Waals surface area (Å²) >= 11 is 2.35. The molecular formula is C13H22IN. The molecule has 0 aromatic rings. The minimum atomic E-state index is 0.758. The van der Waals surface area contributed by atoms with Crippen molar-refractivity contribution in [1.82, 2.24) is 0 Å². The number of halogens is 1. The highest BCUT2D eigenvalue weighted by molar-refractivity contribution is 14.1. The summed E-state index contributed by atoms with van der Waals surface area (Å²) in [5.74, 6) is 1.68. The van der Waals surface area contributed by atoms with Gasteiger partial charge in [-0.1, -0.05) is 55.2 Å². The maximum atomic E-state index is 4.16. The Hall–Kier alpha value is 0.140. The molecule has 2 unspecified atom stereocenters. The van der Waals surface area contributed by atoms with Crippen molar-refractivity contribution >= 4 is 28.8 Å². The van der Waals surface area contributed by atoms with Crippen LogP contribution in [-0.2, 0) is 0 Å². The van der Waals surface area contributed by atoms with E-state index >= 15 is 0 Å². The molecule has 0 heterocycles. The summed E-state index contributed by atoms with van der Waals surface area (Å²) in [6.07, 6.45) is 10.4. The minimum Gasteiger partial charge on any atom is -0.296 e. The van der Waals surface area contributed by atoms with E-state index in [0.717, 1.165) is 11.8 Å². The number of nitrogens with zero attached hydrogens (tertiary/aromatic N) is 1. The first-order chi connectivity index (χ1) is 7.27. The average Bonchev–Trinajstić information content (AvgIpc) is 2.22. The Bertz CT molecular complexity index is 233. The van der Waals surface area contributed by atoms with Crippen molar-refractivity contribution in [1.29, 1.82) is 0 Å². The van der Waals surface area contributed by atoms with Gasteiger partial charge in [0.25, 0.3) is 0 Å². The molecule has 1 aliphatic rings. The van der Waals surface area contributed by atoms with Gasteiger partial charge in [-0.2, -0.15) is 0 Å². The predicted molar refractivity (Wildman–Crippen MR) is 76.9 cm³/mol. The van der Waals surface area contributed by atoms with Crippen LogP contribution in [0.25, 0.3) is 0 Å². The van der Waals surface area contributed by atoms with Gasteiger partial charge in [-0.25, -0.2) is 0 Å². The molecule has 86 valence electrons. The zero-order valence-corrected chi connectivity index (χ0v) is 12.0. The second kappa shape index (κ2) is 7.42. The monoisotopic (exact) mass is 319 g/mol. The Morgan fingerprint density at radius 3 is 2.60 bits per heavy atom. The summed E-state index contributed by atoms with van der Waals surface area (Å²) < 4.78 is 2.21. The second-order valence-corrected chi connectivity index (χ2v) is 5.28. The number of hydrogen-bond acceptors (Lipinski definition) is 1. The lowest BCUT2D eigenvalue weighted by atomic mass is 9.83. The fourth-order valence-electron chi connectivity index (χ4n) is 2.36. The van der Waals surface area contributed by atoms with Crippen molar-refractivity contribution < 1.29 is 0 Å². The van der Waals surface area contributed by atoms with Crippen LogP contribution < -0.4 is 0 Å². The zero-order chi connectivity index (χ0) is 11.1. The normalized spacial score (nSPS) is 30.2. The highest BCUT2D eigenvalue weighted by atomic mass is 127. The van der Waals surface area contributed by atoms with E-state index < -0.39 is 0 Å². The van der Waals surface area contributed by atoms with Crippen molar-refractivity contribution in [3.8, 4) is 0 Å². The van der Waals surface area contributed by atoms with Gasteiger partial charge in [-0.05, 0) is 34.3 Å². The first-order valence-corrected chi connectivity index (χ1v) is 7.25. The summed E-state index contributed by atoms with van der Waals surface area (Å²) in [5.41, 5.74) is 1.44. The maximum absolute atomic E-state index is 4.16.